The smallest absolute Gasteiger partial charge is 0.0178 e. The van der Waals surface area contributed by atoms with E-state index in [9.17, 15) is 0 Å². The van der Waals surface area contributed by atoms with Gasteiger partial charge in [-0.1, -0.05) is 19.1 Å². The summed E-state index contributed by atoms with van der Waals surface area (Å²) < 4.78 is 0. The van der Waals surface area contributed by atoms with E-state index in [4.69, 9.17) is 5.73 Å². The van der Waals surface area contributed by atoms with Gasteiger partial charge in [0.1, 0.15) is 0 Å². The summed E-state index contributed by atoms with van der Waals surface area (Å²) in [5.74, 6) is 1.94. The van der Waals surface area contributed by atoms with Crippen molar-refractivity contribution in [2.24, 2.45) is 5.73 Å². The zero-order valence-electron chi connectivity index (χ0n) is 7.21. The van der Waals surface area contributed by atoms with Gasteiger partial charge in [-0.25, -0.2) is 0 Å². The van der Waals surface area contributed by atoms with Crippen molar-refractivity contribution in [3.63, 3.8) is 0 Å². The number of thioether (sulfide) groups is 1. The average Bonchev–Trinajstić information content (AvgIpc) is 2.47. The normalized spacial score (nSPS) is 21.0. The minimum atomic E-state index is 0.655. The van der Waals surface area contributed by atoms with Gasteiger partial charge in [-0.3, -0.25) is 0 Å². The summed E-state index contributed by atoms with van der Waals surface area (Å²) in [5.41, 5.74) is 8.31. The Kier molecular flexibility index (Phi) is 2.11. The highest BCUT2D eigenvalue weighted by molar-refractivity contribution is 7.99. The molecule has 1 aliphatic rings. The van der Waals surface area contributed by atoms with Crippen LogP contribution < -0.4 is 5.73 Å². The first-order chi connectivity index (χ1) is 5.81. The zero-order chi connectivity index (χ0) is 8.55. The molecule has 1 atom stereocenters. The van der Waals surface area contributed by atoms with Crippen LogP contribution in [0.2, 0.25) is 0 Å². The predicted octanol–water partition coefficient (Wildman–Crippen LogP) is 2.35. The lowest BCUT2D eigenvalue weighted by atomic mass is 10.0. The Balaban J connectivity index is 2.41. The Hall–Kier alpha value is -0.470. The molecule has 1 nitrogen and oxygen atoms in total. The Bertz CT molecular complexity index is 296. The minimum absolute atomic E-state index is 0.655. The SMILES string of the molecule is CC1CSc2cc(CN)ccc21. The molecule has 1 aromatic carbocycles. The molecule has 2 N–H and O–H groups in total. The molecule has 0 aromatic heterocycles. The van der Waals surface area contributed by atoms with Crippen molar-refractivity contribution in [1.29, 1.82) is 0 Å². The number of rotatable bonds is 1. The first kappa shape index (κ1) is 8.14. The molecule has 64 valence electrons. The molecule has 1 aromatic rings. The number of hydrogen-bond acceptors (Lipinski definition) is 2. The summed E-state index contributed by atoms with van der Waals surface area (Å²) in [6.07, 6.45) is 0. The Labute approximate surface area is 77.3 Å². The van der Waals surface area contributed by atoms with E-state index >= 15 is 0 Å². The molecule has 1 unspecified atom stereocenters. The minimum Gasteiger partial charge on any atom is -0.326 e. The molecule has 2 heteroatoms. The fourth-order valence-corrected chi connectivity index (χ4v) is 2.82. The van der Waals surface area contributed by atoms with Crippen LogP contribution in [-0.2, 0) is 6.54 Å². The second-order valence-electron chi connectivity index (χ2n) is 3.29. The molecule has 0 aliphatic carbocycles. The van der Waals surface area contributed by atoms with Crippen LogP contribution in [0.25, 0.3) is 0 Å². The summed E-state index contributed by atoms with van der Waals surface area (Å²) in [4.78, 5) is 1.44. The van der Waals surface area contributed by atoms with E-state index in [1.54, 1.807) is 0 Å². The maximum Gasteiger partial charge on any atom is 0.0178 e. The van der Waals surface area contributed by atoms with E-state index in [1.165, 1.54) is 21.8 Å². The van der Waals surface area contributed by atoms with E-state index in [0.29, 0.717) is 6.54 Å². The molecule has 1 aliphatic heterocycles. The number of nitrogens with two attached hydrogens (primary N) is 1. The lowest BCUT2D eigenvalue weighted by Crippen LogP contribution is -1.96. The van der Waals surface area contributed by atoms with Crippen LogP contribution in [0.5, 0.6) is 0 Å². The molecular weight excluding hydrogens is 166 g/mol. The topological polar surface area (TPSA) is 26.0 Å². The van der Waals surface area contributed by atoms with Gasteiger partial charge < -0.3 is 5.73 Å². The predicted molar refractivity (Wildman–Crippen MR) is 53.5 cm³/mol. The molecule has 0 saturated heterocycles. The molecular formula is C10H13NS. The van der Waals surface area contributed by atoms with Crippen molar-refractivity contribution >= 4 is 11.8 Å². The van der Waals surface area contributed by atoms with Crippen LogP contribution in [0.4, 0.5) is 0 Å². The van der Waals surface area contributed by atoms with Gasteiger partial charge in [-0.2, -0.15) is 0 Å². The highest BCUT2D eigenvalue weighted by Crippen LogP contribution is 2.39. The molecule has 0 amide bonds. The van der Waals surface area contributed by atoms with Crippen molar-refractivity contribution in [3.8, 4) is 0 Å². The van der Waals surface area contributed by atoms with Gasteiger partial charge in [-0.05, 0) is 23.1 Å². The van der Waals surface area contributed by atoms with Gasteiger partial charge in [-0.15, -0.1) is 11.8 Å². The standard InChI is InChI=1S/C10H13NS/c1-7-6-12-10-4-8(5-11)2-3-9(7)10/h2-4,7H,5-6,11H2,1H3. The molecule has 0 fully saturated rings. The molecule has 2 rings (SSSR count). The van der Waals surface area contributed by atoms with Crippen molar-refractivity contribution in [3.05, 3.63) is 29.3 Å². The van der Waals surface area contributed by atoms with Crippen LogP contribution >= 0.6 is 11.8 Å². The van der Waals surface area contributed by atoms with Gasteiger partial charge in [0.15, 0.2) is 0 Å². The highest BCUT2D eigenvalue weighted by Gasteiger charge is 2.18. The Morgan fingerprint density at radius 2 is 2.42 bits per heavy atom. The summed E-state index contributed by atoms with van der Waals surface area (Å²) in [6.45, 7) is 2.93. The third-order valence-corrected chi connectivity index (χ3v) is 3.66. The monoisotopic (exact) mass is 179 g/mol. The number of benzene rings is 1. The van der Waals surface area contributed by atoms with Gasteiger partial charge in [0.2, 0.25) is 0 Å². The summed E-state index contributed by atoms with van der Waals surface area (Å²) in [6, 6.07) is 6.59. The van der Waals surface area contributed by atoms with E-state index in [1.807, 2.05) is 11.8 Å². The second-order valence-corrected chi connectivity index (χ2v) is 4.35. The van der Waals surface area contributed by atoms with Crippen molar-refractivity contribution in [1.82, 2.24) is 0 Å². The van der Waals surface area contributed by atoms with Crippen LogP contribution in [-0.4, -0.2) is 5.75 Å². The quantitative estimate of drug-likeness (QED) is 0.716. The third kappa shape index (κ3) is 1.25. The summed E-state index contributed by atoms with van der Waals surface area (Å²) in [7, 11) is 0. The van der Waals surface area contributed by atoms with E-state index in [-0.39, 0.29) is 0 Å². The first-order valence-electron chi connectivity index (χ1n) is 4.27. The molecule has 0 spiro atoms. The Morgan fingerprint density at radius 1 is 1.58 bits per heavy atom. The van der Waals surface area contributed by atoms with Crippen LogP contribution in [0, 0.1) is 0 Å². The molecule has 12 heavy (non-hydrogen) atoms. The fraction of sp³-hybridized carbons (Fsp3) is 0.400. The molecule has 1 heterocycles. The highest BCUT2D eigenvalue weighted by atomic mass is 32.2. The average molecular weight is 179 g/mol. The molecule has 0 bridgehead atoms. The summed E-state index contributed by atoms with van der Waals surface area (Å²) >= 11 is 1.95. The van der Waals surface area contributed by atoms with E-state index in [2.05, 4.69) is 25.1 Å². The van der Waals surface area contributed by atoms with Crippen LogP contribution in [0.1, 0.15) is 24.0 Å². The summed E-state index contributed by atoms with van der Waals surface area (Å²) in [5, 5.41) is 0. The second kappa shape index (κ2) is 3.11. The van der Waals surface area contributed by atoms with Gasteiger partial charge in [0, 0.05) is 17.2 Å². The van der Waals surface area contributed by atoms with Gasteiger partial charge in [0.25, 0.3) is 0 Å². The fourth-order valence-electron chi connectivity index (χ4n) is 1.54. The number of fused-ring (bicyclic) bond motifs is 1. The van der Waals surface area contributed by atoms with Crippen molar-refractivity contribution in [2.45, 2.75) is 24.3 Å². The van der Waals surface area contributed by atoms with E-state index in [0.717, 1.165) is 5.92 Å². The largest absolute Gasteiger partial charge is 0.326 e. The van der Waals surface area contributed by atoms with Gasteiger partial charge >= 0.3 is 0 Å². The molecule has 0 radical (unpaired) electrons. The van der Waals surface area contributed by atoms with Crippen molar-refractivity contribution < 1.29 is 0 Å². The van der Waals surface area contributed by atoms with E-state index < -0.39 is 0 Å². The lowest BCUT2D eigenvalue weighted by molar-refractivity contribution is 0.878. The van der Waals surface area contributed by atoms with Crippen molar-refractivity contribution in [2.75, 3.05) is 5.75 Å². The first-order valence-corrected chi connectivity index (χ1v) is 5.25. The maximum atomic E-state index is 5.57. The number of hydrogen-bond donors (Lipinski definition) is 1. The molecule has 0 saturated carbocycles. The van der Waals surface area contributed by atoms with Crippen LogP contribution in [0.15, 0.2) is 23.1 Å². The Morgan fingerprint density at radius 3 is 3.17 bits per heavy atom. The lowest BCUT2D eigenvalue weighted by Gasteiger charge is -2.03. The zero-order valence-corrected chi connectivity index (χ0v) is 8.03. The van der Waals surface area contributed by atoms with Crippen LogP contribution in [0.3, 0.4) is 0 Å². The van der Waals surface area contributed by atoms with Gasteiger partial charge in [0.05, 0.1) is 0 Å². The third-order valence-electron chi connectivity index (χ3n) is 2.33. The maximum absolute atomic E-state index is 5.57.